The Bertz CT molecular complexity index is 489. The van der Waals surface area contributed by atoms with E-state index < -0.39 is 12.1 Å². The molecule has 0 unspecified atom stereocenters. The molecule has 1 aliphatic rings. The Morgan fingerprint density at radius 1 is 1.30 bits per heavy atom. The molecule has 0 bridgehead atoms. The number of hydrogen-bond donors (Lipinski definition) is 0. The maximum atomic E-state index is 12.3. The van der Waals surface area contributed by atoms with Crippen molar-refractivity contribution in [3.63, 3.8) is 0 Å². The molecule has 0 saturated carbocycles. The van der Waals surface area contributed by atoms with Crippen molar-refractivity contribution in [1.82, 2.24) is 19.6 Å². The van der Waals surface area contributed by atoms with Crippen LogP contribution in [0.3, 0.4) is 0 Å². The average Bonchev–Trinajstić information content (AvgIpc) is 2.67. The van der Waals surface area contributed by atoms with Crippen molar-refractivity contribution < 1.29 is 18.0 Å². The van der Waals surface area contributed by atoms with Gasteiger partial charge in [0.25, 0.3) is 0 Å². The molecular formula is C12H17F3N4O. The molecule has 0 spiro atoms. The molecule has 0 atom stereocenters. The number of hydrogen-bond acceptors (Lipinski definition) is 3. The SMILES string of the molecule is Cc1nn(C)cc1CN1CCN(C(=O)C(F)(F)F)CC1. The molecule has 112 valence electrons. The summed E-state index contributed by atoms with van der Waals surface area (Å²) in [6.07, 6.45) is -2.87. The second-order valence-electron chi connectivity index (χ2n) is 4.98. The minimum atomic E-state index is -4.78. The van der Waals surface area contributed by atoms with Crippen LogP contribution in [-0.2, 0) is 18.4 Å². The fourth-order valence-electron chi connectivity index (χ4n) is 2.33. The number of amides is 1. The van der Waals surface area contributed by atoms with Gasteiger partial charge in [-0.05, 0) is 6.92 Å². The van der Waals surface area contributed by atoms with Crippen molar-refractivity contribution in [1.29, 1.82) is 0 Å². The first-order valence-corrected chi connectivity index (χ1v) is 6.35. The van der Waals surface area contributed by atoms with Crippen molar-refractivity contribution in [2.24, 2.45) is 7.05 Å². The molecule has 0 aromatic carbocycles. The van der Waals surface area contributed by atoms with E-state index in [0.717, 1.165) is 16.2 Å². The zero-order valence-corrected chi connectivity index (χ0v) is 11.4. The lowest BCUT2D eigenvalue weighted by Gasteiger charge is -2.34. The van der Waals surface area contributed by atoms with Gasteiger partial charge in [-0.25, -0.2) is 0 Å². The van der Waals surface area contributed by atoms with E-state index in [-0.39, 0.29) is 13.1 Å². The van der Waals surface area contributed by atoms with Gasteiger partial charge in [0.15, 0.2) is 0 Å². The van der Waals surface area contributed by atoms with Gasteiger partial charge in [0, 0.05) is 51.5 Å². The van der Waals surface area contributed by atoms with Gasteiger partial charge in [0.1, 0.15) is 0 Å². The molecule has 0 radical (unpaired) electrons. The van der Waals surface area contributed by atoms with Gasteiger partial charge in [0.05, 0.1) is 5.69 Å². The van der Waals surface area contributed by atoms with E-state index >= 15 is 0 Å². The molecule has 2 rings (SSSR count). The largest absolute Gasteiger partial charge is 0.471 e. The highest BCUT2D eigenvalue weighted by atomic mass is 19.4. The number of piperazine rings is 1. The zero-order chi connectivity index (χ0) is 14.9. The Labute approximate surface area is 114 Å². The van der Waals surface area contributed by atoms with E-state index in [0.29, 0.717) is 19.6 Å². The third-order valence-corrected chi connectivity index (χ3v) is 3.41. The number of halogens is 3. The normalized spacial score (nSPS) is 17.6. The van der Waals surface area contributed by atoms with Crippen molar-refractivity contribution in [3.8, 4) is 0 Å². The van der Waals surface area contributed by atoms with Crippen LogP contribution in [0.5, 0.6) is 0 Å². The van der Waals surface area contributed by atoms with E-state index in [9.17, 15) is 18.0 Å². The monoisotopic (exact) mass is 290 g/mol. The molecule has 1 saturated heterocycles. The van der Waals surface area contributed by atoms with Crippen LogP contribution in [-0.4, -0.2) is 57.8 Å². The Kier molecular flexibility index (Phi) is 4.03. The van der Waals surface area contributed by atoms with Gasteiger partial charge >= 0.3 is 12.1 Å². The number of carbonyl (C=O) groups is 1. The van der Waals surface area contributed by atoms with Crippen LogP contribution in [0, 0.1) is 6.92 Å². The number of aromatic nitrogens is 2. The molecule has 1 aromatic rings. The summed E-state index contributed by atoms with van der Waals surface area (Å²) in [5, 5.41) is 4.23. The van der Waals surface area contributed by atoms with Crippen LogP contribution in [0.1, 0.15) is 11.3 Å². The number of rotatable bonds is 2. The van der Waals surface area contributed by atoms with Gasteiger partial charge in [-0.3, -0.25) is 14.4 Å². The number of aryl methyl sites for hydroxylation is 2. The topological polar surface area (TPSA) is 41.4 Å². The quantitative estimate of drug-likeness (QED) is 0.814. The van der Waals surface area contributed by atoms with Crippen LogP contribution < -0.4 is 0 Å². The molecular weight excluding hydrogens is 273 g/mol. The van der Waals surface area contributed by atoms with E-state index in [4.69, 9.17) is 0 Å². The predicted molar refractivity (Wildman–Crippen MR) is 65.9 cm³/mol. The zero-order valence-electron chi connectivity index (χ0n) is 11.4. The van der Waals surface area contributed by atoms with E-state index in [2.05, 4.69) is 5.10 Å². The lowest BCUT2D eigenvalue weighted by molar-refractivity contribution is -0.187. The standard InChI is InChI=1S/C12H17F3N4O/c1-9-10(7-17(2)16-9)8-18-3-5-19(6-4-18)11(20)12(13,14)15/h7H,3-6,8H2,1-2H3. The van der Waals surface area contributed by atoms with Gasteiger partial charge in [-0.2, -0.15) is 18.3 Å². The molecule has 1 aromatic heterocycles. The summed E-state index contributed by atoms with van der Waals surface area (Å²) >= 11 is 0. The smallest absolute Gasteiger partial charge is 0.332 e. The highest BCUT2D eigenvalue weighted by Gasteiger charge is 2.43. The average molecular weight is 290 g/mol. The molecule has 1 aliphatic heterocycles. The minimum Gasteiger partial charge on any atom is -0.332 e. The third kappa shape index (κ3) is 3.30. The van der Waals surface area contributed by atoms with Gasteiger partial charge in [-0.15, -0.1) is 0 Å². The summed E-state index contributed by atoms with van der Waals surface area (Å²) in [5.41, 5.74) is 1.98. The first kappa shape index (κ1) is 14.8. The second kappa shape index (κ2) is 5.43. The van der Waals surface area contributed by atoms with Crippen LogP contribution in [0.25, 0.3) is 0 Å². The van der Waals surface area contributed by atoms with Crippen LogP contribution in [0.15, 0.2) is 6.20 Å². The van der Waals surface area contributed by atoms with Gasteiger partial charge in [-0.1, -0.05) is 0 Å². The minimum absolute atomic E-state index is 0.109. The number of nitrogens with zero attached hydrogens (tertiary/aromatic N) is 4. The summed E-state index contributed by atoms with van der Waals surface area (Å²) in [4.78, 5) is 14.0. The molecule has 5 nitrogen and oxygen atoms in total. The number of carbonyl (C=O) groups excluding carboxylic acids is 1. The fourth-order valence-corrected chi connectivity index (χ4v) is 2.33. The Morgan fingerprint density at radius 2 is 1.90 bits per heavy atom. The predicted octanol–water partition coefficient (Wildman–Crippen LogP) is 0.935. The van der Waals surface area contributed by atoms with Crippen molar-refractivity contribution in [2.75, 3.05) is 26.2 Å². The fraction of sp³-hybridized carbons (Fsp3) is 0.667. The maximum Gasteiger partial charge on any atom is 0.471 e. The lowest BCUT2D eigenvalue weighted by Crippen LogP contribution is -2.52. The molecule has 8 heteroatoms. The Balaban J connectivity index is 1.89. The van der Waals surface area contributed by atoms with Crippen LogP contribution >= 0.6 is 0 Å². The summed E-state index contributed by atoms with van der Waals surface area (Å²) in [5.74, 6) is -1.74. The Hall–Kier alpha value is -1.57. The summed E-state index contributed by atoms with van der Waals surface area (Å²) < 4.78 is 38.7. The van der Waals surface area contributed by atoms with Crippen LogP contribution in [0.2, 0.25) is 0 Å². The van der Waals surface area contributed by atoms with Crippen molar-refractivity contribution >= 4 is 5.91 Å². The highest BCUT2D eigenvalue weighted by Crippen LogP contribution is 2.20. The first-order chi connectivity index (χ1) is 9.27. The van der Waals surface area contributed by atoms with Crippen LogP contribution in [0.4, 0.5) is 13.2 Å². The molecule has 20 heavy (non-hydrogen) atoms. The van der Waals surface area contributed by atoms with Crippen molar-refractivity contribution in [2.45, 2.75) is 19.6 Å². The molecule has 0 N–H and O–H groups in total. The number of alkyl halides is 3. The molecule has 1 fully saturated rings. The molecule has 1 amide bonds. The van der Waals surface area contributed by atoms with Gasteiger partial charge in [0.2, 0.25) is 0 Å². The van der Waals surface area contributed by atoms with E-state index in [1.807, 2.05) is 25.1 Å². The Morgan fingerprint density at radius 3 is 2.35 bits per heavy atom. The lowest BCUT2D eigenvalue weighted by atomic mass is 10.2. The molecule has 0 aliphatic carbocycles. The van der Waals surface area contributed by atoms with Crippen molar-refractivity contribution in [3.05, 3.63) is 17.5 Å². The van der Waals surface area contributed by atoms with E-state index in [1.165, 1.54) is 0 Å². The summed E-state index contributed by atoms with van der Waals surface area (Å²) in [6.45, 7) is 3.65. The first-order valence-electron chi connectivity index (χ1n) is 6.35. The summed E-state index contributed by atoms with van der Waals surface area (Å²) in [6, 6.07) is 0. The second-order valence-corrected chi connectivity index (χ2v) is 4.98. The van der Waals surface area contributed by atoms with Gasteiger partial charge < -0.3 is 4.90 Å². The molecule has 2 heterocycles. The highest BCUT2D eigenvalue weighted by molar-refractivity contribution is 5.81. The summed E-state index contributed by atoms with van der Waals surface area (Å²) in [7, 11) is 1.83. The maximum absolute atomic E-state index is 12.3. The third-order valence-electron chi connectivity index (χ3n) is 3.41. The van der Waals surface area contributed by atoms with E-state index in [1.54, 1.807) is 4.68 Å².